The molecule has 0 spiro atoms. The summed E-state index contributed by atoms with van der Waals surface area (Å²) in [5, 5.41) is 2.83. The molecular weight excluding hydrogens is 384 g/mol. The minimum absolute atomic E-state index is 0.000995. The van der Waals surface area contributed by atoms with E-state index in [0.29, 0.717) is 17.0 Å². The fourth-order valence-electron chi connectivity index (χ4n) is 2.70. The van der Waals surface area contributed by atoms with Crippen LogP contribution in [-0.4, -0.2) is 36.4 Å². The summed E-state index contributed by atoms with van der Waals surface area (Å²) in [6.07, 6.45) is 2.12. The number of rotatable bonds is 5. The van der Waals surface area contributed by atoms with Gasteiger partial charge in [0.1, 0.15) is 5.75 Å². The van der Waals surface area contributed by atoms with Crippen molar-refractivity contribution in [2.45, 2.75) is 12.8 Å². The average molecular weight is 403 g/mol. The Labute approximate surface area is 155 Å². The molecule has 6 heteroatoms. The maximum absolute atomic E-state index is 12.3. The van der Waals surface area contributed by atoms with Gasteiger partial charge in [-0.05, 0) is 43.2 Å². The Kier molecular flexibility index (Phi) is 5.71. The highest BCUT2D eigenvalue weighted by molar-refractivity contribution is 9.10. The fraction of sp³-hybridized carbons (Fsp3) is 0.263. The number of nitrogens with zero attached hydrogens (tertiary/aromatic N) is 1. The van der Waals surface area contributed by atoms with Gasteiger partial charge in [-0.25, -0.2) is 0 Å². The molecule has 0 unspecified atom stereocenters. The second kappa shape index (κ2) is 8.16. The first-order chi connectivity index (χ1) is 12.1. The summed E-state index contributed by atoms with van der Waals surface area (Å²) in [6.45, 7) is 1.64. The maximum Gasteiger partial charge on any atom is 0.260 e. The van der Waals surface area contributed by atoms with Crippen molar-refractivity contribution in [2.24, 2.45) is 0 Å². The molecule has 2 aromatic rings. The molecule has 2 amide bonds. The van der Waals surface area contributed by atoms with E-state index in [4.69, 9.17) is 4.74 Å². The van der Waals surface area contributed by atoms with Crippen LogP contribution in [0.5, 0.6) is 5.75 Å². The van der Waals surface area contributed by atoms with Crippen LogP contribution in [0.15, 0.2) is 53.0 Å². The minimum Gasteiger partial charge on any atom is -0.484 e. The first kappa shape index (κ1) is 17.5. The summed E-state index contributed by atoms with van der Waals surface area (Å²) in [5.41, 5.74) is 1.18. The van der Waals surface area contributed by atoms with Crippen molar-refractivity contribution < 1.29 is 14.3 Å². The van der Waals surface area contributed by atoms with Crippen LogP contribution in [0.25, 0.3) is 0 Å². The molecule has 1 aliphatic rings. The molecule has 5 nitrogen and oxygen atoms in total. The molecule has 0 saturated carbocycles. The summed E-state index contributed by atoms with van der Waals surface area (Å²) in [4.78, 5) is 26.1. The average Bonchev–Trinajstić information content (AvgIpc) is 3.15. The van der Waals surface area contributed by atoms with E-state index >= 15 is 0 Å². The van der Waals surface area contributed by atoms with Crippen LogP contribution in [-0.2, 0) is 4.79 Å². The number of benzene rings is 2. The zero-order valence-corrected chi connectivity index (χ0v) is 15.3. The van der Waals surface area contributed by atoms with Crippen LogP contribution in [0.2, 0.25) is 0 Å². The van der Waals surface area contributed by atoms with Gasteiger partial charge < -0.3 is 15.0 Å². The van der Waals surface area contributed by atoms with Gasteiger partial charge in [0.2, 0.25) is 0 Å². The van der Waals surface area contributed by atoms with Gasteiger partial charge in [0.25, 0.3) is 11.8 Å². The molecule has 0 aromatic heterocycles. The number of ether oxygens (including phenoxy) is 1. The summed E-state index contributed by atoms with van der Waals surface area (Å²) in [5.74, 6) is 0.354. The molecule has 3 rings (SSSR count). The molecule has 0 bridgehead atoms. The van der Waals surface area contributed by atoms with Crippen LogP contribution >= 0.6 is 15.9 Å². The normalized spacial score (nSPS) is 13.6. The molecular formula is C19H19BrN2O3. The number of carbonyl (C=O) groups is 2. The van der Waals surface area contributed by atoms with E-state index in [9.17, 15) is 9.59 Å². The number of anilines is 1. The lowest BCUT2D eigenvalue weighted by Crippen LogP contribution is -2.32. The molecule has 0 atom stereocenters. The first-order valence-corrected chi connectivity index (χ1v) is 8.99. The van der Waals surface area contributed by atoms with Gasteiger partial charge in [-0.15, -0.1) is 0 Å². The van der Waals surface area contributed by atoms with Crippen LogP contribution < -0.4 is 10.1 Å². The van der Waals surface area contributed by atoms with Crippen LogP contribution in [0.4, 0.5) is 5.69 Å². The number of nitrogens with one attached hydrogen (secondary N) is 1. The number of hydrogen-bond acceptors (Lipinski definition) is 3. The Morgan fingerprint density at radius 1 is 1.08 bits per heavy atom. The van der Waals surface area contributed by atoms with Crippen molar-refractivity contribution in [3.05, 3.63) is 58.6 Å². The lowest BCUT2D eigenvalue weighted by Gasteiger charge is -2.15. The number of likely N-dealkylation sites (tertiary alicyclic amines) is 1. The second-order valence-electron chi connectivity index (χ2n) is 5.87. The molecule has 1 heterocycles. The fourth-order valence-corrected chi connectivity index (χ4v) is 3.10. The Hall–Kier alpha value is -2.34. The number of halogens is 1. The second-order valence-corrected chi connectivity index (χ2v) is 6.78. The van der Waals surface area contributed by atoms with Gasteiger partial charge in [-0.1, -0.05) is 28.1 Å². The molecule has 1 aliphatic heterocycles. The third-order valence-corrected chi connectivity index (χ3v) is 4.49. The third-order valence-electron chi connectivity index (χ3n) is 4.00. The van der Waals surface area contributed by atoms with Crippen molar-refractivity contribution in [2.75, 3.05) is 25.0 Å². The number of carbonyl (C=O) groups excluding carboxylic acids is 2. The third kappa shape index (κ3) is 4.82. The van der Waals surface area contributed by atoms with Crippen molar-refractivity contribution in [1.29, 1.82) is 0 Å². The molecule has 25 heavy (non-hydrogen) atoms. The zero-order valence-electron chi connectivity index (χ0n) is 13.7. The lowest BCUT2D eigenvalue weighted by atomic mass is 10.2. The Bertz CT molecular complexity index is 773. The van der Waals surface area contributed by atoms with E-state index in [0.717, 1.165) is 30.4 Å². The van der Waals surface area contributed by atoms with E-state index in [-0.39, 0.29) is 18.4 Å². The van der Waals surface area contributed by atoms with Gasteiger partial charge in [0, 0.05) is 34.9 Å². The molecule has 1 N–H and O–H groups in total. The zero-order chi connectivity index (χ0) is 17.6. The van der Waals surface area contributed by atoms with E-state index in [1.165, 1.54) is 0 Å². The Morgan fingerprint density at radius 3 is 2.60 bits per heavy atom. The van der Waals surface area contributed by atoms with Crippen molar-refractivity contribution in [1.82, 2.24) is 4.90 Å². The molecule has 0 aliphatic carbocycles. The van der Waals surface area contributed by atoms with Gasteiger partial charge >= 0.3 is 0 Å². The number of amides is 2. The highest BCUT2D eigenvalue weighted by atomic mass is 79.9. The van der Waals surface area contributed by atoms with E-state index in [2.05, 4.69) is 21.2 Å². The minimum atomic E-state index is -0.202. The molecule has 1 fully saturated rings. The predicted octanol–water partition coefficient (Wildman–Crippen LogP) is 3.70. The summed E-state index contributed by atoms with van der Waals surface area (Å²) >= 11 is 3.35. The van der Waals surface area contributed by atoms with Gasteiger partial charge in [-0.3, -0.25) is 9.59 Å². The summed E-state index contributed by atoms with van der Waals surface area (Å²) in [6, 6.07) is 14.2. The van der Waals surface area contributed by atoms with Gasteiger partial charge in [-0.2, -0.15) is 0 Å². The highest BCUT2D eigenvalue weighted by Gasteiger charge is 2.18. The van der Waals surface area contributed by atoms with Crippen LogP contribution in [0.3, 0.4) is 0 Å². The van der Waals surface area contributed by atoms with Crippen LogP contribution in [0, 0.1) is 0 Å². The summed E-state index contributed by atoms with van der Waals surface area (Å²) in [7, 11) is 0. The SMILES string of the molecule is O=C(Nc1cccc(OCC(=O)N2CCCC2)c1)c1cccc(Br)c1. The lowest BCUT2D eigenvalue weighted by molar-refractivity contribution is -0.132. The molecule has 1 saturated heterocycles. The van der Waals surface area contributed by atoms with Crippen molar-refractivity contribution in [3.8, 4) is 5.75 Å². The Balaban J connectivity index is 1.59. The quantitative estimate of drug-likeness (QED) is 0.828. The van der Waals surface area contributed by atoms with Gasteiger partial charge in [0.05, 0.1) is 0 Å². The van der Waals surface area contributed by atoms with Crippen molar-refractivity contribution in [3.63, 3.8) is 0 Å². The monoisotopic (exact) mass is 402 g/mol. The largest absolute Gasteiger partial charge is 0.484 e. The summed E-state index contributed by atoms with van der Waals surface area (Å²) < 4.78 is 6.42. The van der Waals surface area contributed by atoms with Crippen molar-refractivity contribution >= 4 is 33.4 Å². The maximum atomic E-state index is 12.3. The number of hydrogen-bond donors (Lipinski definition) is 1. The highest BCUT2D eigenvalue weighted by Crippen LogP contribution is 2.19. The molecule has 130 valence electrons. The topological polar surface area (TPSA) is 58.6 Å². The molecule has 0 radical (unpaired) electrons. The predicted molar refractivity (Wildman–Crippen MR) is 99.8 cm³/mol. The molecule has 2 aromatic carbocycles. The van der Waals surface area contributed by atoms with E-state index in [1.54, 1.807) is 36.4 Å². The van der Waals surface area contributed by atoms with Gasteiger partial charge in [0.15, 0.2) is 6.61 Å². The smallest absolute Gasteiger partial charge is 0.260 e. The van der Waals surface area contributed by atoms with E-state index < -0.39 is 0 Å². The Morgan fingerprint density at radius 2 is 1.84 bits per heavy atom. The van der Waals surface area contributed by atoms with E-state index in [1.807, 2.05) is 17.0 Å². The first-order valence-electron chi connectivity index (χ1n) is 8.19. The standard InChI is InChI=1S/C19H19BrN2O3/c20-15-6-3-5-14(11-15)19(24)21-16-7-4-8-17(12-16)25-13-18(23)22-9-1-2-10-22/h3-8,11-12H,1-2,9-10,13H2,(H,21,24). The van der Waals surface area contributed by atoms with Crippen LogP contribution in [0.1, 0.15) is 23.2 Å².